The van der Waals surface area contributed by atoms with Gasteiger partial charge in [0.2, 0.25) is 0 Å². The van der Waals surface area contributed by atoms with E-state index in [-0.39, 0.29) is 0 Å². The minimum Gasteiger partial charge on any atom is -0.369 e. The molecule has 0 atom stereocenters. The molecule has 0 unspecified atom stereocenters. The summed E-state index contributed by atoms with van der Waals surface area (Å²) in [6, 6.07) is 0. The van der Waals surface area contributed by atoms with Crippen LogP contribution in [0.2, 0.25) is 0 Å². The first-order chi connectivity index (χ1) is 4.45. The van der Waals surface area contributed by atoms with Crippen LogP contribution in [0, 0.1) is 0 Å². The van der Waals surface area contributed by atoms with Crippen LogP contribution in [-0.4, -0.2) is 24.5 Å². The summed E-state index contributed by atoms with van der Waals surface area (Å²) >= 11 is 0. The van der Waals surface area contributed by atoms with Crippen molar-refractivity contribution in [3.05, 3.63) is 23.0 Å². The standard InChI is InChI=1S/C7H8N2/c1-2-9-4-5-3-6(5)7(9)8-1/h3,8H,1-2,4H2. The topological polar surface area (TPSA) is 15.3 Å². The lowest BCUT2D eigenvalue weighted by Crippen LogP contribution is -2.16. The van der Waals surface area contributed by atoms with Crippen LogP contribution in [0.15, 0.2) is 23.0 Å². The smallest absolute Gasteiger partial charge is 0.109 e. The molecule has 1 saturated heterocycles. The minimum absolute atomic E-state index is 1.14. The predicted molar refractivity (Wildman–Crippen MR) is 34.7 cm³/mol. The summed E-state index contributed by atoms with van der Waals surface area (Å²) in [6.07, 6.45) is 2.27. The highest BCUT2D eigenvalue weighted by atomic mass is 15.3. The van der Waals surface area contributed by atoms with Crippen LogP contribution in [-0.2, 0) is 0 Å². The number of nitrogens with one attached hydrogen (secondary N) is 1. The molecule has 9 heavy (non-hydrogen) atoms. The third-order valence-electron chi connectivity index (χ3n) is 2.19. The summed E-state index contributed by atoms with van der Waals surface area (Å²) in [5.41, 5.74) is 3.05. The molecule has 2 nitrogen and oxygen atoms in total. The highest BCUT2D eigenvalue weighted by molar-refractivity contribution is 5.64. The normalized spacial score (nSPS) is 27.6. The molecule has 2 heterocycles. The number of hydrogen-bond donors (Lipinski definition) is 1. The monoisotopic (exact) mass is 120 g/mol. The lowest BCUT2D eigenvalue weighted by Gasteiger charge is -2.10. The molecule has 1 N–H and O–H groups in total. The molecule has 0 saturated carbocycles. The Morgan fingerprint density at radius 3 is 3.44 bits per heavy atom. The first kappa shape index (κ1) is 3.99. The largest absolute Gasteiger partial charge is 0.369 e. The quantitative estimate of drug-likeness (QED) is 0.486. The Morgan fingerprint density at radius 2 is 2.56 bits per heavy atom. The lowest BCUT2D eigenvalue weighted by molar-refractivity contribution is 0.451. The third kappa shape index (κ3) is 0.343. The number of fused-ring (bicyclic) bond motifs is 2. The Balaban J connectivity index is 2.10. The first-order valence-electron chi connectivity index (χ1n) is 3.39. The van der Waals surface area contributed by atoms with Crippen molar-refractivity contribution in [3.63, 3.8) is 0 Å². The van der Waals surface area contributed by atoms with Crippen LogP contribution < -0.4 is 5.32 Å². The highest BCUT2D eigenvalue weighted by Crippen LogP contribution is 2.39. The maximum Gasteiger partial charge on any atom is 0.109 e. The second-order valence-corrected chi connectivity index (χ2v) is 2.78. The van der Waals surface area contributed by atoms with E-state index in [4.69, 9.17) is 0 Å². The van der Waals surface area contributed by atoms with Gasteiger partial charge in [0, 0.05) is 25.2 Å². The number of allylic oxidation sites excluding steroid dienone is 1. The Kier molecular flexibility index (Phi) is 0.448. The van der Waals surface area contributed by atoms with Crippen molar-refractivity contribution in [1.29, 1.82) is 0 Å². The van der Waals surface area contributed by atoms with Gasteiger partial charge in [0.05, 0.1) is 0 Å². The van der Waals surface area contributed by atoms with Gasteiger partial charge in [0.15, 0.2) is 0 Å². The van der Waals surface area contributed by atoms with Gasteiger partial charge in [-0.1, -0.05) is 0 Å². The van der Waals surface area contributed by atoms with E-state index < -0.39 is 0 Å². The zero-order valence-electron chi connectivity index (χ0n) is 5.15. The van der Waals surface area contributed by atoms with E-state index in [1.165, 1.54) is 24.5 Å². The third-order valence-corrected chi connectivity index (χ3v) is 2.19. The summed E-state index contributed by atoms with van der Waals surface area (Å²) in [7, 11) is 0. The van der Waals surface area contributed by atoms with Crippen molar-refractivity contribution in [3.8, 4) is 0 Å². The average molecular weight is 120 g/mol. The van der Waals surface area contributed by atoms with E-state index in [9.17, 15) is 0 Å². The van der Waals surface area contributed by atoms with Crippen LogP contribution >= 0.6 is 0 Å². The van der Waals surface area contributed by atoms with E-state index in [1.807, 2.05) is 0 Å². The van der Waals surface area contributed by atoms with E-state index in [0.717, 1.165) is 6.54 Å². The van der Waals surface area contributed by atoms with Crippen molar-refractivity contribution >= 4 is 0 Å². The van der Waals surface area contributed by atoms with Crippen molar-refractivity contribution in [2.45, 2.75) is 0 Å². The second-order valence-electron chi connectivity index (χ2n) is 2.78. The summed E-state index contributed by atoms with van der Waals surface area (Å²) in [4.78, 5) is 2.41. The molecule has 0 aromatic carbocycles. The number of nitrogens with zero attached hydrogens (tertiary/aromatic N) is 1. The molecule has 0 aromatic rings. The molecule has 0 aromatic heterocycles. The number of hydrogen-bond acceptors (Lipinski definition) is 2. The van der Waals surface area contributed by atoms with Crippen LogP contribution in [0.4, 0.5) is 0 Å². The van der Waals surface area contributed by atoms with Gasteiger partial charge in [-0.25, -0.2) is 0 Å². The predicted octanol–water partition coefficient (Wildman–Crippen LogP) is 0.0568. The van der Waals surface area contributed by atoms with Gasteiger partial charge in [-0.3, -0.25) is 0 Å². The fourth-order valence-corrected chi connectivity index (χ4v) is 1.65. The van der Waals surface area contributed by atoms with Gasteiger partial charge < -0.3 is 10.2 Å². The van der Waals surface area contributed by atoms with E-state index in [1.54, 1.807) is 5.57 Å². The lowest BCUT2D eigenvalue weighted by atomic mass is 10.4. The van der Waals surface area contributed by atoms with Crippen LogP contribution in [0.1, 0.15) is 0 Å². The summed E-state index contributed by atoms with van der Waals surface area (Å²) in [6.45, 7) is 3.52. The molecule has 2 heteroatoms. The van der Waals surface area contributed by atoms with Crippen LogP contribution in [0.5, 0.6) is 0 Å². The fourth-order valence-electron chi connectivity index (χ4n) is 1.65. The minimum atomic E-state index is 1.14. The van der Waals surface area contributed by atoms with Gasteiger partial charge in [0.1, 0.15) is 5.82 Å². The molecule has 46 valence electrons. The summed E-state index contributed by atoms with van der Waals surface area (Å²) in [5.74, 6) is 1.39. The van der Waals surface area contributed by atoms with Gasteiger partial charge in [-0.15, -0.1) is 0 Å². The maximum atomic E-state index is 3.36. The van der Waals surface area contributed by atoms with Crippen molar-refractivity contribution in [2.24, 2.45) is 0 Å². The van der Waals surface area contributed by atoms with Gasteiger partial charge in [-0.05, 0) is 11.6 Å². The Bertz CT molecular complexity index is 237. The van der Waals surface area contributed by atoms with Crippen LogP contribution in [0.25, 0.3) is 0 Å². The Hall–Kier alpha value is -0.920. The van der Waals surface area contributed by atoms with E-state index >= 15 is 0 Å². The Labute approximate surface area is 53.8 Å². The highest BCUT2D eigenvalue weighted by Gasteiger charge is 2.35. The molecule has 0 bridgehead atoms. The molecular formula is C7H8N2. The zero-order chi connectivity index (χ0) is 5.84. The first-order valence-corrected chi connectivity index (χ1v) is 3.39. The van der Waals surface area contributed by atoms with E-state index in [0.29, 0.717) is 0 Å². The van der Waals surface area contributed by atoms with E-state index in [2.05, 4.69) is 16.3 Å². The second kappa shape index (κ2) is 1.01. The molecule has 1 aliphatic carbocycles. The van der Waals surface area contributed by atoms with Gasteiger partial charge in [0.25, 0.3) is 0 Å². The summed E-state index contributed by atoms with van der Waals surface area (Å²) < 4.78 is 0. The zero-order valence-corrected chi connectivity index (χ0v) is 5.15. The SMILES string of the molecule is C1=C2CN3CCNC3=C12. The van der Waals surface area contributed by atoms with Crippen molar-refractivity contribution in [1.82, 2.24) is 10.2 Å². The Morgan fingerprint density at radius 1 is 1.56 bits per heavy atom. The average Bonchev–Trinajstić information content (AvgIpc) is 2.38. The maximum absolute atomic E-state index is 3.36. The van der Waals surface area contributed by atoms with Gasteiger partial charge in [-0.2, -0.15) is 0 Å². The number of rotatable bonds is 0. The molecule has 0 radical (unpaired) electrons. The van der Waals surface area contributed by atoms with Crippen molar-refractivity contribution in [2.75, 3.05) is 19.6 Å². The molecule has 3 rings (SSSR count). The molecular weight excluding hydrogens is 112 g/mol. The van der Waals surface area contributed by atoms with Crippen molar-refractivity contribution < 1.29 is 0 Å². The molecule has 1 fully saturated rings. The summed E-state index contributed by atoms with van der Waals surface area (Å²) in [5, 5.41) is 3.36. The van der Waals surface area contributed by atoms with Crippen LogP contribution in [0.3, 0.4) is 0 Å². The molecule has 0 spiro atoms. The molecule has 0 amide bonds. The molecule has 3 aliphatic rings. The van der Waals surface area contributed by atoms with Gasteiger partial charge >= 0.3 is 0 Å². The molecule has 2 aliphatic heterocycles. The fraction of sp³-hybridized carbons (Fsp3) is 0.429.